The minimum atomic E-state index is -3.76. The fourth-order valence-electron chi connectivity index (χ4n) is 2.67. The molecule has 3 nitrogen and oxygen atoms in total. The van der Waals surface area contributed by atoms with E-state index in [-0.39, 0.29) is 16.9 Å². The largest absolute Gasteiger partial charge is 0.297 e. The van der Waals surface area contributed by atoms with Gasteiger partial charge in [-0.25, -0.2) is 0 Å². The standard InChI is InChI=1S/C21H26O3S/c1-5-18-8-6-7-9-19(18)12-15-21(16(2)3)24-25(22,23)20-13-10-17(4)11-14-20/h5-11,13-14,16,21H,1,12,15H2,2-4H3. The Balaban J connectivity index is 2.13. The third-order valence-electron chi connectivity index (χ3n) is 4.28. The average Bonchev–Trinajstić information content (AvgIpc) is 2.59. The van der Waals surface area contributed by atoms with Crippen molar-refractivity contribution in [2.45, 2.75) is 44.6 Å². The van der Waals surface area contributed by atoms with E-state index in [0.717, 1.165) is 23.1 Å². The molecule has 0 saturated carbocycles. The lowest BCUT2D eigenvalue weighted by Crippen LogP contribution is -2.24. The summed E-state index contributed by atoms with van der Waals surface area (Å²) in [5.74, 6) is 0.0936. The Morgan fingerprint density at radius 3 is 2.32 bits per heavy atom. The van der Waals surface area contributed by atoms with E-state index in [1.807, 2.05) is 51.1 Å². The van der Waals surface area contributed by atoms with Gasteiger partial charge in [-0.15, -0.1) is 0 Å². The molecule has 1 atom stereocenters. The molecule has 134 valence electrons. The van der Waals surface area contributed by atoms with Crippen molar-refractivity contribution < 1.29 is 12.6 Å². The number of hydrogen-bond acceptors (Lipinski definition) is 3. The second-order valence-electron chi connectivity index (χ2n) is 6.59. The summed E-state index contributed by atoms with van der Waals surface area (Å²) in [6, 6.07) is 14.8. The first kappa shape index (κ1) is 19.4. The van der Waals surface area contributed by atoms with E-state index in [1.165, 1.54) is 0 Å². The zero-order valence-corrected chi connectivity index (χ0v) is 15.9. The lowest BCUT2D eigenvalue weighted by molar-refractivity contribution is 0.149. The van der Waals surface area contributed by atoms with Gasteiger partial charge in [0.1, 0.15) is 0 Å². The van der Waals surface area contributed by atoms with Crippen LogP contribution in [0.1, 0.15) is 37.0 Å². The van der Waals surface area contributed by atoms with Gasteiger partial charge in [-0.2, -0.15) is 8.42 Å². The second kappa shape index (κ2) is 8.45. The van der Waals surface area contributed by atoms with Crippen LogP contribution < -0.4 is 0 Å². The number of benzene rings is 2. The molecule has 0 N–H and O–H groups in total. The first-order valence-corrected chi connectivity index (χ1v) is 9.94. The Kier molecular flexibility index (Phi) is 6.57. The highest BCUT2D eigenvalue weighted by atomic mass is 32.2. The summed E-state index contributed by atoms with van der Waals surface area (Å²) < 4.78 is 30.7. The minimum absolute atomic E-state index is 0.0936. The van der Waals surface area contributed by atoms with Crippen molar-refractivity contribution >= 4 is 16.2 Å². The summed E-state index contributed by atoms with van der Waals surface area (Å²) in [5, 5.41) is 0. The SMILES string of the molecule is C=Cc1ccccc1CCC(OS(=O)(=O)c1ccc(C)cc1)C(C)C. The van der Waals surface area contributed by atoms with Crippen LogP contribution in [0.15, 0.2) is 60.0 Å². The van der Waals surface area contributed by atoms with Crippen LogP contribution in [0.2, 0.25) is 0 Å². The van der Waals surface area contributed by atoms with E-state index in [0.29, 0.717) is 6.42 Å². The molecule has 0 aliphatic heterocycles. The molecule has 2 aromatic carbocycles. The van der Waals surface area contributed by atoms with Gasteiger partial charge in [0.05, 0.1) is 11.0 Å². The Morgan fingerprint density at radius 1 is 1.08 bits per heavy atom. The normalized spacial score (nSPS) is 13.0. The Morgan fingerprint density at radius 2 is 1.72 bits per heavy atom. The molecule has 25 heavy (non-hydrogen) atoms. The maximum Gasteiger partial charge on any atom is 0.297 e. The van der Waals surface area contributed by atoms with E-state index in [9.17, 15) is 8.42 Å². The maximum absolute atomic E-state index is 12.6. The van der Waals surface area contributed by atoms with Gasteiger partial charge >= 0.3 is 0 Å². The van der Waals surface area contributed by atoms with Crippen LogP contribution in [0, 0.1) is 12.8 Å². The molecule has 0 spiro atoms. The molecule has 0 aliphatic rings. The monoisotopic (exact) mass is 358 g/mol. The maximum atomic E-state index is 12.6. The fraction of sp³-hybridized carbons (Fsp3) is 0.333. The van der Waals surface area contributed by atoms with Gasteiger partial charge < -0.3 is 0 Å². The molecule has 0 bridgehead atoms. The van der Waals surface area contributed by atoms with Gasteiger partial charge in [0.15, 0.2) is 0 Å². The third-order valence-corrected chi connectivity index (χ3v) is 5.63. The Bertz CT molecular complexity index is 805. The molecule has 0 aliphatic carbocycles. The van der Waals surface area contributed by atoms with E-state index in [1.54, 1.807) is 24.3 Å². The summed E-state index contributed by atoms with van der Waals surface area (Å²) in [7, 11) is -3.76. The van der Waals surface area contributed by atoms with Crippen LogP contribution >= 0.6 is 0 Å². The van der Waals surface area contributed by atoms with Crippen LogP contribution in [0.4, 0.5) is 0 Å². The van der Waals surface area contributed by atoms with Crippen LogP contribution in [0.3, 0.4) is 0 Å². The molecule has 2 rings (SSSR count). The Hall–Kier alpha value is -1.91. The number of aryl methyl sites for hydroxylation is 2. The summed E-state index contributed by atoms with van der Waals surface area (Å²) in [5.41, 5.74) is 3.24. The number of hydrogen-bond donors (Lipinski definition) is 0. The summed E-state index contributed by atoms with van der Waals surface area (Å²) in [6.45, 7) is 9.72. The summed E-state index contributed by atoms with van der Waals surface area (Å²) in [4.78, 5) is 0.204. The van der Waals surface area contributed by atoms with Gasteiger partial charge in [-0.05, 0) is 48.9 Å². The number of rotatable bonds is 8. The molecular weight excluding hydrogens is 332 g/mol. The first-order chi connectivity index (χ1) is 11.8. The highest BCUT2D eigenvalue weighted by molar-refractivity contribution is 7.86. The predicted molar refractivity (Wildman–Crippen MR) is 103 cm³/mol. The predicted octanol–water partition coefficient (Wildman–Crippen LogP) is 5.00. The van der Waals surface area contributed by atoms with Gasteiger partial charge in [-0.3, -0.25) is 4.18 Å². The summed E-state index contributed by atoms with van der Waals surface area (Å²) >= 11 is 0. The zero-order valence-electron chi connectivity index (χ0n) is 15.1. The minimum Gasteiger partial charge on any atom is -0.263 e. The Labute approximate surface area is 151 Å². The zero-order chi connectivity index (χ0) is 18.4. The van der Waals surface area contributed by atoms with Crippen molar-refractivity contribution in [3.8, 4) is 0 Å². The molecule has 0 aromatic heterocycles. The highest BCUT2D eigenvalue weighted by Gasteiger charge is 2.24. The van der Waals surface area contributed by atoms with Crippen molar-refractivity contribution in [3.05, 3.63) is 71.8 Å². The van der Waals surface area contributed by atoms with Crippen LogP contribution in [0.25, 0.3) is 6.08 Å². The van der Waals surface area contributed by atoms with E-state index < -0.39 is 10.1 Å². The molecule has 1 unspecified atom stereocenters. The van der Waals surface area contributed by atoms with Gasteiger partial charge in [0.25, 0.3) is 10.1 Å². The van der Waals surface area contributed by atoms with Crippen LogP contribution in [-0.4, -0.2) is 14.5 Å². The molecule has 0 amide bonds. The quantitative estimate of drug-likeness (QED) is 0.624. The van der Waals surface area contributed by atoms with Crippen molar-refractivity contribution in [3.63, 3.8) is 0 Å². The van der Waals surface area contributed by atoms with Crippen LogP contribution in [-0.2, 0) is 20.7 Å². The van der Waals surface area contributed by atoms with Crippen molar-refractivity contribution in [1.29, 1.82) is 0 Å². The van der Waals surface area contributed by atoms with Gasteiger partial charge in [0.2, 0.25) is 0 Å². The first-order valence-electron chi connectivity index (χ1n) is 8.54. The van der Waals surface area contributed by atoms with Crippen molar-refractivity contribution in [2.24, 2.45) is 5.92 Å². The van der Waals surface area contributed by atoms with Crippen molar-refractivity contribution in [2.75, 3.05) is 0 Å². The van der Waals surface area contributed by atoms with E-state index in [2.05, 4.69) is 6.58 Å². The lowest BCUT2D eigenvalue weighted by Gasteiger charge is -2.21. The molecule has 0 saturated heterocycles. The smallest absolute Gasteiger partial charge is 0.263 e. The third kappa shape index (κ3) is 5.28. The molecule has 0 radical (unpaired) electrons. The van der Waals surface area contributed by atoms with Gasteiger partial charge in [0, 0.05) is 0 Å². The highest BCUT2D eigenvalue weighted by Crippen LogP contribution is 2.23. The second-order valence-corrected chi connectivity index (χ2v) is 8.16. The fourth-order valence-corrected chi connectivity index (χ4v) is 3.90. The molecule has 0 fully saturated rings. The molecule has 2 aromatic rings. The van der Waals surface area contributed by atoms with E-state index in [4.69, 9.17) is 4.18 Å². The summed E-state index contributed by atoms with van der Waals surface area (Å²) in [6.07, 6.45) is 2.83. The molecule has 4 heteroatoms. The molecular formula is C21H26O3S. The average molecular weight is 359 g/mol. The van der Waals surface area contributed by atoms with E-state index >= 15 is 0 Å². The van der Waals surface area contributed by atoms with Crippen molar-refractivity contribution in [1.82, 2.24) is 0 Å². The molecule has 0 heterocycles. The van der Waals surface area contributed by atoms with Crippen LogP contribution in [0.5, 0.6) is 0 Å². The topological polar surface area (TPSA) is 43.4 Å². The van der Waals surface area contributed by atoms with Gasteiger partial charge in [-0.1, -0.05) is 68.5 Å². The lowest BCUT2D eigenvalue weighted by atomic mass is 9.97.